The Morgan fingerprint density at radius 1 is 0.596 bits per heavy atom. The van der Waals surface area contributed by atoms with Crippen LogP contribution in [0.5, 0.6) is 0 Å². The van der Waals surface area contributed by atoms with Gasteiger partial charge in [0.25, 0.3) is 5.91 Å². The van der Waals surface area contributed by atoms with Crippen LogP contribution in [0.2, 0.25) is 0 Å². The average Bonchev–Trinajstić information content (AvgIpc) is 3.12. The van der Waals surface area contributed by atoms with Gasteiger partial charge in [-0.15, -0.1) is 0 Å². The molecular formula is C49H87NO2. The van der Waals surface area contributed by atoms with Gasteiger partial charge in [-0.1, -0.05) is 175 Å². The number of Topliss-reactive ketones (excluding diaryl/α,β-unsaturated/α-hetero) is 1. The Morgan fingerprint density at radius 3 is 1.29 bits per heavy atom. The summed E-state index contributed by atoms with van der Waals surface area (Å²) in [5.74, 6) is 1.56. The van der Waals surface area contributed by atoms with Gasteiger partial charge in [0.2, 0.25) is 0 Å². The maximum Gasteiger partial charge on any atom is 0.253 e. The predicted octanol–water partition coefficient (Wildman–Crippen LogP) is 15.6. The minimum Gasteiger partial charge on any atom is -0.339 e. The van der Waals surface area contributed by atoms with Crippen LogP contribution in [-0.2, 0) is 6.42 Å². The van der Waals surface area contributed by atoms with Crippen LogP contribution < -0.4 is 0 Å². The maximum atomic E-state index is 12.8. The molecule has 0 heterocycles. The molecule has 52 heavy (non-hydrogen) atoms. The zero-order chi connectivity index (χ0) is 40.3. The van der Waals surface area contributed by atoms with Crippen LogP contribution in [0, 0.1) is 25.7 Å². The largest absolute Gasteiger partial charge is 0.339 e. The Bertz CT molecular complexity index is 1120. The van der Waals surface area contributed by atoms with Gasteiger partial charge < -0.3 is 4.90 Å². The van der Waals surface area contributed by atoms with Gasteiger partial charge in [-0.25, -0.2) is 0 Å². The van der Waals surface area contributed by atoms with E-state index in [4.69, 9.17) is 0 Å². The zero-order valence-corrected chi connectivity index (χ0v) is 37.4. The number of nitrogens with zero attached hydrogens (tertiary/aromatic N) is 1. The molecular weight excluding hydrogens is 635 g/mol. The number of amides is 1. The third-order valence-corrected chi connectivity index (χ3v) is 9.00. The van der Waals surface area contributed by atoms with Crippen LogP contribution in [0.4, 0.5) is 0 Å². The molecule has 0 aromatic heterocycles. The van der Waals surface area contributed by atoms with Crippen LogP contribution in [-0.4, -0.2) is 29.7 Å². The minimum absolute atomic E-state index is 0.132. The highest BCUT2D eigenvalue weighted by molar-refractivity contribution is 5.94. The molecule has 1 amide bonds. The molecule has 0 spiro atoms. The summed E-state index contributed by atoms with van der Waals surface area (Å²) in [7, 11) is 0. The molecule has 0 aliphatic carbocycles. The molecule has 2 aromatic rings. The Morgan fingerprint density at radius 2 is 0.981 bits per heavy atom. The van der Waals surface area contributed by atoms with Crippen LogP contribution in [0.1, 0.15) is 211 Å². The lowest BCUT2D eigenvalue weighted by Crippen LogP contribution is -2.34. The average molecular weight is 722 g/mol. The van der Waals surface area contributed by atoms with Crippen molar-refractivity contribution in [2.45, 2.75) is 194 Å². The monoisotopic (exact) mass is 722 g/mol. The molecule has 0 atom stereocenters. The third kappa shape index (κ3) is 33.2. The number of carbonyl (C=O) groups is 2. The fourth-order valence-corrected chi connectivity index (χ4v) is 4.71. The van der Waals surface area contributed by atoms with Gasteiger partial charge >= 0.3 is 0 Å². The van der Waals surface area contributed by atoms with Gasteiger partial charge in [-0.05, 0) is 101 Å². The minimum atomic E-state index is 0.132. The van der Waals surface area contributed by atoms with E-state index in [9.17, 15) is 9.59 Å². The summed E-state index contributed by atoms with van der Waals surface area (Å²) in [4.78, 5) is 25.6. The highest BCUT2D eigenvalue weighted by Gasteiger charge is 2.17. The number of hydrogen-bond acceptors (Lipinski definition) is 2. The lowest BCUT2D eigenvalue weighted by atomic mass is 10.0. The molecule has 0 saturated carbocycles. The van der Waals surface area contributed by atoms with Crippen molar-refractivity contribution in [1.29, 1.82) is 0 Å². The smallest absolute Gasteiger partial charge is 0.253 e. The van der Waals surface area contributed by atoms with E-state index in [1.807, 2.05) is 54.3 Å². The van der Waals surface area contributed by atoms with Crippen LogP contribution >= 0.6 is 0 Å². The first-order valence-electron chi connectivity index (χ1n) is 21.2. The molecule has 300 valence electrons. The fraction of sp³-hybridized carbons (Fsp3) is 0.673. The van der Waals surface area contributed by atoms with Crippen LogP contribution in [0.25, 0.3) is 0 Å². The van der Waals surface area contributed by atoms with E-state index in [1.54, 1.807) is 6.92 Å². The summed E-state index contributed by atoms with van der Waals surface area (Å²) in [6.07, 6.45) is 20.7. The van der Waals surface area contributed by atoms with Gasteiger partial charge in [-0.3, -0.25) is 9.59 Å². The second-order valence-electron chi connectivity index (χ2n) is 15.4. The summed E-state index contributed by atoms with van der Waals surface area (Å²) < 4.78 is 0. The lowest BCUT2D eigenvalue weighted by molar-refractivity contribution is 0.0740. The molecule has 0 bridgehead atoms. The Hall–Kier alpha value is -2.68. The number of ketones is 1. The molecule has 2 rings (SSSR count). The number of rotatable bonds is 18. The molecule has 0 fully saturated rings. The van der Waals surface area contributed by atoms with Crippen molar-refractivity contribution in [2.24, 2.45) is 11.8 Å². The summed E-state index contributed by atoms with van der Waals surface area (Å²) in [6, 6.07) is 13.8. The van der Waals surface area contributed by atoms with Crippen molar-refractivity contribution in [3.8, 4) is 0 Å². The van der Waals surface area contributed by atoms with Crippen molar-refractivity contribution in [2.75, 3.05) is 13.1 Å². The summed E-state index contributed by atoms with van der Waals surface area (Å²) >= 11 is 0. The van der Waals surface area contributed by atoms with Crippen molar-refractivity contribution in [3.63, 3.8) is 0 Å². The lowest BCUT2D eigenvalue weighted by Gasteiger charge is -2.25. The fourth-order valence-electron chi connectivity index (χ4n) is 4.71. The molecule has 0 unspecified atom stereocenters. The van der Waals surface area contributed by atoms with E-state index in [1.165, 1.54) is 92.9 Å². The van der Waals surface area contributed by atoms with E-state index < -0.39 is 0 Å². The van der Waals surface area contributed by atoms with Crippen molar-refractivity contribution in [3.05, 3.63) is 81.9 Å². The molecule has 2 aromatic carbocycles. The predicted molar refractivity (Wildman–Crippen MR) is 235 cm³/mol. The SMILES string of the molecule is CC=C(C)C.CCCCCCC.CCCCCCCC.CCc1ccc(C(C)=O)cc1.Cc1ccc(C(=O)N(CCC(C)C)CCC(C)C)cc1C. The van der Waals surface area contributed by atoms with Gasteiger partial charge in [0.05, 0.1) is 0 Å². The van der Waals surface area contributed by atoms with E-state index in [0.29, 0.717) is 11.8 Å². The second kappa shape index (κ2) is 36.7. The first-order chi connectivity index (χ1) is 24.6. The standard InChI is InChI=1S/C19H31NO.C10H12O.C8H18.C7H16.C5H10/c1-14(2)9-11-20(12-10-15(3)4)19(21)18-8-7-16(5)17(6)13-18;1-3-9-4-6-10(7-5-9)8(2)11;1-3-5-7-8-6-4-2;1-3-5-7-6-4-2;1-4-5(2)3/h7-8,13-15H,9-12H2,1-6H3;4-7H,3H2,1-2H3;3-8H2,1-2H3;3-7H2,1-2H3;4H,1-3H3. The number of benzene rings is 2. The Balaban J connectivity index is -0.000000648. The molecule has 0 aliphatic rings. The first kappa shape index (κ1) is 53.7. The van der Waals surface area contributed by atoms with E-state index in [-0.39, 0.29) is 11.7 Å². The van der Waals surface area contributed by atoms with Crippen molar-refractivity contribution >= 4 is 11.7 Å². The van der Waals surface area contributed by atoms with Crippen LogP contribution in [0.15, 0.2) is 54.1 Å². The topological polar surface area (TPSA) is 37.4 Å². The zero-order valence-electron chi connectivity index (χ0n) is 37.4. The summed E-state index contributed by atoms with van der Waals surface area (Å²) in [6.45, 7) is 33.6. The quantitative estimate of drug-likeness (QED) is 0.0873. The molecule has 3 heteroatoms. The van der Waals surface area contributed by atoms with E-state index >= 15 is 0 Å². The van der Waals surface area contributed by atoms with E-state index in [0.717, 1.165) is 43.5 Å². The molecule has 0 radical (unpaired) electrons. The Labute approximate surface area is 325 Å². The first-order valence-corrected chi connectivity index (χ1v) is 21.2. The normalized spacial score (nSPS) is 10.0. The maximum absolute atomic E-state index is 12.8. The molecule has 0 N–H and O–H groups in total. The number of aryl methyl sites for hydroxylation is 3. The summed E-state index contributed by atoms with van der Waals surface area (Å²) in [5.41, 5.74) is 6.70. The highest BCUT2D eigenvalue weighted by Crippen LogP contribution is 2.15. The molecule has 0 aliphatic heterocycles. The van der Waals surface area contributed by atoms with Crippen LogP contribution in [0.3, 0.4) is 0 Å². The summed E-state index contributed by atoms with van der Waals surface area (Å²) in [5, 5.41) is 0. The van der Waals surface area contributed by atoms with E-state index in [2.05, 4.69) is 96.1 Å². The molecule has 3 nitrogen and oxygen atoms in total. The van der Waals surface area contributed by atoms with Crippen molar-refractivity contribution in [1.82, 2.24) is 4.90 Å². The highest BCUT2D eigenvalue weighted by atomic mass is 16.2. The number of allylic oxidation sites excluding steroid dienone is 2. The van der Waals surface area contributed by atoms with Gasteiger partial charge in [-0.2, -0.15) is 0 Å². The Kier molecular flexibility index (Phi) is 37.8. The number of carbonyl (C=O) groups excluding carboxylic acids is 2. The van der Waals surface area contributed by atoms with Gasteiger partial charge in [0, 0.05) is 24.2 Å². The number of unbranched alkanes of at least 4 members (excludes halogenated alkanes) is 9. The second-order valence-corrected chi connectivity index (χ2v) is 15.4. The van der Waals surface area contributed by atoms with Gasteiger partial charge in [0.1, 0.15) is 0 Å². The molecule has 0 saturated heterocycles. The third-order valence-electron chi connectivity index (χ3n) is 9.00. The van der Waals surface area contributed by atoms with Gasteiger partial charge in [0.15, 0.2) is 5.78 Å². The van der Waals surface area contributed by atoms with Crippen molar-refractivity contribution < 1.29 is 9.59 Å². The number of hydrogen-bond donors (Lipinski definition) is 0.